The molecule has 3 unspecified atom stereocenters. The average molecular weight is 585 g/mol. The van der Waals surface area contributed by atoms with Crippen LogP contribution in [-0.4, -0.2) is 62.6 Å². The number of amides is 3. The number of carboxylic acid groups (broad SMARTS) is 1. The van der Waals surface area contributed by atoms with Gasteiger partial charge in [0.05, 0.1) is 21.6 Å². The fraction of sp³-hybridized carbons (Fsp3) is 0.538. The lowest BCUT2D eigenvalue weighted by molar-refractivity contribution is -0.143. The van der Waals surface area contributed by atoms with E-state index >= 15 is 0 Å². The topological polar surface area (TPSA) is 141 Å². The number of aryl methyl sites for hydroxylation is 1. The van der Waals surface area contributed by atoms with Gasteiger partial charge in [-0.15, -0.1) is 0 Å². The summed E-state index contributed by atoms with van der Waals surface area (Å²) < 4.78 is 0. The smallest absolute Gasteiger partial charge is 0.405 e. The van der Waals surface area contributed by atoms with Crippen LogP contribution in [0, 0.1) is 5.92 Å². The third-order valence-electron chi connectivity index (χ3n) is 7.53. The summed E-state index contributed by atoms with van der Waals surface area (Å²) in [5, 5.41) is 16.4. The number of aromatic amines is 1. The Labute approximate surface area is 237 Å². The van der Waals surface area contributed by atoms with Gasteiger partial charge in [0.1, 0.15) is 11.6 Å². The predicted molar refractivity (Wildman–Crippen MR) is 154 cm³/mol. The van der Waals surface area contributed by atoms with Gasteiger partial charge in [-0.25, -0.2) is 4.79 Å². The molecule has 0 bridgehead atoms. The van der Waals surface area contributed by atoms with Gasteiger partial charge < -0.3 is 31.4 Å². The lowest BCUT2D eigenvalue weighted by Gasteiger charge is -2.42. The Morgan fingerprint density at radius 1 is 1.29 bits per heavy atom. The van der Waals surface area contributed by atoms with Gasteiger partial charge >= 0.3 is 6.09 Å². The Balaban J connectivity index is 2.11. The highest BCUT2D eigenvalue weighted by atomic mass is 35.5. The summed E-state index contributed by atoms with van der Waals surface area (Å²) in [5.41, 5.74) is 7.08. The lowest BCUT2D eigenvalue weighted by atomic mass is 9.77. The van der Waals surface area contributed by atoms with E-state index < -0.39 is 29.6 Å². The number of benzene rings is 1. The Morgan fingerprint density at radius 3 is 2.55 bits per heavy atom. The van der Waals surface area contributed by atoms with E-state index in [2.05, 4.69) is 15.6 Å². The van der Waals surface area contributed by atoms with Crippen LogP contribution in [0.1, 0.15) is 57.7 Å². The van der Waals surface area contributed by atoms with Crippen molar-refractivity contribution in [2.75, 3.05) is 7.05 Å². The van der Waals surface area contributed by atoms with E-state index in [-0.39, 0.29) is 29.7 Å². The second kappa shape index (κ2) is 12.1. The molecule has 3 amide bonds. The fourth-order valence-corrected chi connectivity index (χ4v) is 6.06. The number of likely N-dealkylation sites (N-methyl/N-ethyl adjacent to an activating group) is 1. The zero-order valence-electron chi connectivity index (χ0n) is 22.0. The van der Waals surface area contributed by atoms with Gasteiger partial charge in [0, 0.05) is 29.6 Å². The van der Waals surface area contributed by atoms with Crippen LogP contribution in [0.15, 0.2) is 12.1 Å². The summed E-state index contributed by atoms with van der Waals surface area (Å²) in [4.78, 5) is 44.4. The normalized spacial score (nSPS) is 19.2. The minimum atomic E-state index is -1.37. The maximum atomic E-state index is 14.3. The highest BCUT2D eigenvalue weighted by molar-refractivity contribution is 7.80. The van der Waals surface area contributed by atoms with Crippen molar-refractivity contribution in [1.29, 1.82) is 0 Å². The number of halogens is 2. The molecule has 0 saturated heterocycles. The number of fused-ring (bicyclic) bond motifs is 3. The molecule has 1 aromatic carbocycles. The van der Waals surface area contributed by atoms with Crippen LogP contribution in [-0.2, 0) is 22.4 Å². The van der Waals surface area contributed by atoms with Crippen molar-refractivity contribution < 1.29 is 19.5 Å². The molecule has 3 rings (SSSR count). The lowest BCUT2D eigenvalue weighted by Crippen LogP contribution is -2.66. The number of hydrogen-bond donors (Lipinski definition) is 5. The average Bonchev–Trinajstić information content (AvgIpc) is 3.22. The first-order chi connectivity index (χ1) is 17.8. The second-order valence-corrected chi connectivity index (χ2v) is 11.4. The molecular formula is C26H35Cl2N5O4S. The number of rotatable bonds is 10. The number of carbonyl (C=O) groups excluding carboxylic acids is 2. The quantitative estimate of drug-likeness (QED) is 0.262. The van der Waals surface area contributed by atoms with Crippen LogP contribution in [0.3, 0.4) is 0 Å². The molecule has 0 aliphatic heterocycles. The number of carbonyl (C=O) groups is 3. The number of nitrogens with two attached hydrogens (primary N) is 1. The largest absolute Gasteiger partial charge is 0.465 e. The molecule has 0 fully saturated rings. The van der Waals surface area contributed by atoms with Crippen molar-refractivity contribution in [3.8, 4) is 0 Å². The fourth-order valence-electron chi connectivity index (χ4n) is 5.24. The summed E-state index contributed by atoms with van der Waals surface area (Å²) in [6, 6.07) is 1.90. The van der Waals surface area contributed by atoms with Gasteiger partial charge in [0.15, 0.2) is 0 Å². The summed E-state index contributed by atoms with van der Waals surface area (Å²) in [6.45, 7) is 5.63. The number of nitrogens with one attached hydrogen (secondary N) is 3. The van der Waals surface area contributed by atoms with Crippen LogP contribution < -0.4 is 16.4 Å². The molecule has 1 aliphatic carbocycles. The standard InChI is InChI=1S/C26H35Cl2N5O4S/c1-5-7-19(22(29)38)33(4)24(35)26(32-23(34)20(13(3)6-2)31-25(36)37)9-8-18-16(12-26)15-10-14(27)11-17(28)21(15)30-18/h10-11,13,19-20,30-31H,5-9,12H2,1-4H3,(H2,29,38)(H,32,34)(H,36,37)/t13?,19?,20-,26?/m0/s1. The highest BCUT2D eigenvalue weighted by Gasteiger charge is 2.48. The Bertz CT molecular complexity index is 1250. The van der Waals surface area contributed by atoms with Gasteiger partial charge in [-0.2, -0.15) is 0 Å². The van der Waals surface area contributed by atoms with E-state index in [1.165, 1.54) is 4.90 Å². The molecule has 2 aromatic rings. The number of nitrogens with zero attached hydrogens (tertiary/aromatic N) is 1. The minimum absolute atomic E-state index is 0.157. The number of aromatic nitrogens is 1. The molecule has 1 aromatic heterocycles. The first-order valence-corrected chi connectivity index (χ1v) is 13.9. The first-order valence-electron chi connectivity index (χ1n) is 12.7. The first kappa shape index (κ1) is 30.0. The van der Waals surface area contributed by atoms with Crippen LogP contribution in [0.5, 0.6) is 0 Å². The minimum Gasteiger partial charge on any atom is -0.465 e. The monoisotopic (exact) mass is 583 g/mol. The van der Waals surface area contributed by atoms with E-state index in [0.29, 0.717) is 34.8 Å². The summed E-state index contributed by atoms with van der Waals surface area (Å²) >= 11 is 18.0. The zero-order chi connectivity index (χ0) is 28.4. The molecule has 1 heterocycles. The van der Waals surface area contributed by atoms with Crippen LogP contribution in [0.25, 0.3) is 10.9 Å². The van der Waals surface area contributed by atoms with Crippen molar-refractivity contribution in [1.82, 2.24) is 20.5 Å². The maximum Gasteiger partial charge on any atom is 0.405 e. The van der Waals surface area contributed by atoms with Crippen molar-refractivity contribution in [2.24, 2.45) is 11.7 Å². The molecule has 0 saturated carbocycles. The zero-order valence-corrected chi connectivity index (χ0v) is 24.3. The van der Waals surface area contributed by atoms with Crippen molar-refractivity contribution in [3.63, 3.8) is 0 Å². The Morgan fingerprint density at radius 2 is 1.97 bits per heavy atom. The van der Waals surface area contributed by atoms with E-state index in [1.807, 2.05) is 13.8 Å². The molecule has 0 radical (unpaired) electrons. The SMILES string of the molecule is CCCC(C(N)=S)N(C)C(=O)C1(NC(=O)[C@@H](NC(=O)O)C(C)CC)CCc2[nH]c3c(Cl)cc(Cl)cc3c2C1. The summed E-state index contributed by atoms with van der Waals surface area (Å²) in [5.74, 6) is -1.21. The van der Waals surface area contributed by atoms with Crippen molar-refractivity contribution in [3.05, 3.63) is 33.4 Å². The molecule has 9 nitrogen and oxygen atoms in total. The molecule has 1 aliphatic rings. The van der Waals surface area contributed by atoms with Gasteiger partial charge in [0.25, 0.3) is 0 Å². The number of thiocarbonyl (C=S) groups is 1. The van der Waals surface area contributed by atoms with E-state index in [4.69, 9.17) is 41.2 Å². The van der Waals surface area contributed by atoms with Gasteiger partial charge in [-0.05, 0) is 42.9 Å². The molecule has 4 atom stereocenters. The van der Waals surface area contributed by atoms with E-state index in [9.17, 15) is 19.5 Å². The van der Waals surface area contributed by atoms with Crippen LogP contribution >= 0.6 is 35.4 Å². The third-order valence-corrected chi connectivity index (χ3v) is 8.31. The maximum absolute atomic E-state index is 14.3. The van der Waals surface area contributed by atoms with Gasteiger partial charge in [-0.1, -0.05) is 69.0 Å². The van der Waals surface area contributed by atoms with E-state index in [0.717, 1.165) is 23.1 Å². The third kappa shape index (κ3) is 6.02. The molecular weight excluding hydrogens is 549 g/mol. The van der Waals surface area contributed by atoms with Crippen molar-refractivity contribution >= 4 is 69.2 Å². The Kier molecular flexibility index (Phi) is 9.54. The summed E-state index contributed by atoms with van der Waals surface area (Å²) in [7, 11) is 1.63. The Hall–Kier alpha value is -2.56. The number of H-pyrrole nitrogens is 1. The van der Waals surface area contributed by atoms with Crippen LogP contribution in [0.4, 0.5) is 4.79 Å². The molecule has 208 valence electrons. The van der Waals surface area contributed by atoms with Crippen molar-refractivity contribution in [2.45, 2.75) is 76.9 Å². The predicted octanol–water partition coefficient (Wildman–Crippen LogP) is 4.41. The molecule has 0 spiro atoms. The number of hydrogen-bond acceptors (Lipinski definition) is 4. The highest BCUT2D eigenvalue weighted by Crippen LogP contribution is 2.39. The summed E-state index contributed by atoms with van der Waals surface area (Å²) in [6.07, 6.45) is 1.45. The van der Waals surface area contributed by atoms with Gasteiger partial charge in [-0.3, -0.25) is 9.59 Å². The molecule has 38 heavy (non-hydrogen) atoms. The second-order valence-electron chi connectivity index (χ2n) is 10.1. The van der Waals surface area contributed by atoms with Crippen LogP contribution in [0.2, 0.25) is 10.0 Å². The van der Waals surface area contributed by atoms with Gasteiger partial charge in [0.2, 0.25) is 11.8 Å². The van der Waals surface area contributed by atoms with E-state index in [1.54, 1.807) is 26.1 Å². The molecule has 6 N–H and O–H groups in total. The molecule has 12 heteroatoms.